The van der Waals surface area contributed by atoms with Gasteiger partial charge in [-0.1, -0.05) is 0 Å². The maximum absolute atomic E-state index is 8.80. The van der Waals surface area contributed by atoms with Gasteiger partial charge in [-0.25, -0.2) is 0 Å². The molecule has 0 amide bonds. The van der Waals surface area contributed by atoms with Gasteiger partial charge < -0.3 is 10.5 Å². The van der Waals surface area contributed by atoms with Gasteiger partial charge in [-0.3, -0.25) is 0 Å². The van der Waals surface area contributed by atoms with Crippen LogP contribution in [0, 0.1) is 22.7 Å². The van der Waals surface area contributed by atoms with Crippen molar-refractivity contribution in [2.75, 3.05) is 12.8 Å². The minimum atomic E-state index is 0.122. The predicted octanol–water partition coefficient (Wildman–Crippen LogP) is 1.22. The fourth-order valence-electron chi connectivity index (χ4n) is 1.25. The van der Waals surface area contributed by atoms with E-state index in [1.807, 2.05) is 12.1 Å². The summed E-state index contributed by atoms with van der Waals surface area (Å²) in [5, 5.41) is 17.4. The number of benzene rings is 1. The number of methoxy groups -OCH3 is 1. The fourth-order valence-corrected chi connectivity index (χ4v) is 1.25. The standard InChI is InChI=1S/C10H9N3O/c1-14-10-8(4-5-11)7(6-12)2-3-9(10)13/h2-3H,4,13H2,1H3. The zero-order valence-electron chi connectivity index (χ0n) is 7.74. The lowest BCUT2D eigenvalue weighted by molar-refractivity contribution is 0.413. The minimum Gasteiger partial charge on any atom is -0.494 e. The average molecular weight is 187 g/mol. The van der Waals surface area contributed by atoms with Crippen molar-refractivity contribution in [1.29, 1.82) is 10.5 Å². The van der Waals surface area contributed by atoms with Crippen LogP contribution >= 0.6 is 0 Å². The van der Waals surface area contributed by atoms with Crippen molar-refractivity contribution >= 4 is 5.69 Å². The molecular weight excluding hydrogens is 178 g/mol. The third-order valence-electron chi connectivity index (χ3n) is 1.87. The van der Waals surface area contributed by atoms with Gasteiger partial charge in [-0.2, -0.15) is 10.5 Å². The Morgan fingerprint density at radius 3 is 2.64 bits per heavy atom. The fraction of sp³-hybridized carbons (Fsp3) is 0.200. The van der Waals surface area contributed by atoms with Crippen molar-refractivity contribution in [3.63, 3.8) is 0 Å². The van der Waals surface area contributed by atoms with Gasteiger partial charge in [0, 0.05) is 5.56 Å². The van der Waals surface area contributed by atoms with Gasteiger partial charge in [-0.05, 0) is 12.1 Å². The summed E-state index contributed by atoms with van der Waals surface area (Å²) in [6.45, 7) is 0. The van der Waals surface area contributed by atoms with Gasteiger partial charge in [0.25, 0.3) is 0 Å². The monoisotopic (exact) mass is 187 g/mol. The molecule has 4 heteroatoms. The Hall–Kier alpha value is -2.20. The number of hydrogen-bond donors (Lipinski definition) is 1. The molecule has 0 bridgehead atoms. The molecule has 1 aromatic rings. The summed E-state index contributed by atoms with van der Waals surface area (Å²) in [4.78, 5) is 0. The summed E-state index contributed by atoms with van der Waals surface area (Å²) in [7, 11) is 1.47. The van der Waals surface area contributed by atoms with E-state index in [-0.39, 0.29) is 6.42 Å². The Kier molecular flexibility index (Phi) is 2.93. The second-order valence-electron chi connectivity index (χ2n) is 2.66. The van der Waals surface area contributed by atoms with Crippen molar-refractivity contribution < 1.29 is 4.74 Å². The first-order valence-electron chi connectivity index (χ1n) is 3.97. The number of rotatable bonds is 2. The zero-order chi connectivity index (χ0) is 10.6. The van der Waals surface area contributed by atoms with Gasteiger partial charge in [0.1, 0.15) is 5.75 Å². The van der Waals surface area contributed by atoms with E-state index >= 15 is 0 Å². The van der Waals surface area contributed by atoms with Crippen LogP contribution in [0.1, 0.15) is 11.1 Å². The van der Waals surface area contributed by atoms with E-state index < -0.39 is 0 Å². The summed E-state index contributed by atoms with van der Waals surface area (Å²) < 4.78 is 5.04. The number of hydrogen-bond acceptors (Lipinski definition) is 4. The number of nitrogens with two attached hydrogens (primary N) is 1. The summed E-state index contributed by atoms with van der Waals surface area (Å²) in [5.41, 5.74) is 7.06. The van der Waals surface area contributed by atoms with E-state index in [0.29, 0.717) is 22.6 Å². The molecular formula is C10H9N3O. The van der Waals surface area contributed by atoms with E-state index in [2.05, 4.69) is 0 Å². The SMILES string of the molecule is COc1c(N)ccc(C#N)c1CC#N. The van der Waals surface area contributed by atoms with Crippen molar-refractivity contribution in [2.24, 2.45) is 0 Å². The molecule has 70 valence electrons. The molecule has 0 saturated heterocycles. The molecule has 14 heavy (non-hydrogen) atoms. The molecule has 0 spiro atoms. The molecule has 0 saturated carbocycles. The van der Waals surface area contributed by atoms with Crippen LogP contribution in [0.5, 0.6) is 5.75 Å². The highest BCUT2D eigenvalue weighted by atomic mass is 16.5. The van der Waals surface area contributed by atoms with Crippen LogP contribution in [-0.4, -0.2) is 7.11 Å². The molecule has 0 aliphatic rings. The molecule has 0 fully saturated rings. The van der Waals surface area contributed by atoms with Crippen LogP contribution < -0.4 is 10.5 Å². The highest BCUT2D eigenvalue weighted by Crippen LogP contribution is 2.29. The topological polar surface area (TPSA) is 82.8 Å². The van der Waals surface area contributed by atoms with Crippen LogP contribution in [0.2, 0.25) is 0 Å². The molecule has 0 aromatic heterocycles. The first kappa shape index (κ1) is 9.88. The lowest BCUT2D eigenvalue weighted by Gasteiger charge is -2.09. The molecule has 0 heterocycles. The molecule has 2 N–H and O–H groups in total. The van der Waals surface area contributed by atoms with Crippen LogP contribution in [0.4, 0.5) is 5.69 Å². The van der Waals surface area contributed by atoms with E-state index in [0.717, 1.165) is 0 Å². The molecule has 0 unspecified atom stereocenters. The highest BCUT2D eigenvalue weighted by Gasteiger charge is 2.11. The van der Waals surface area contributed by atoms with Gasteiger partial charge in [0.15, 0.2) is 0 Å². The minimum absolute atomic E-state index is 0.122. The number of nitrogens with zero attached hydrogens (tertiary/aromatic N) is 2. The maximum atomic E-state index is 8.80. The van der Waals surface area contributed by atoms with Crippen LogP contribution in [0.15, 0.2) is 12.1 Å². The van der Waals surface area contributed by atoms with E-state index in [9.17, 15) is 0 Å². The Morgan fingerprint density at radius 2 is 2.14 bits per heavy atom. The van der Waals surface area contributed by atoms with Crippen LogP contribution in [-0.2, 0) is 6.42 Å². The maximum Gasteiger partial charge on any atom is 0.147 e. The van der Waals surface area contributed by atoms with Crippen molar-refractivity contribution in [1.82, 2.24) is 0 Å². The normalized spacial score (nSPS) is 8.79. The van der Waals surface area contributed by atoms with Crippen molar-refractivity contribution in [2.45, 2.75) is 6.42 Å². The Morgan fingerprint density at radius 1 is 1.43 bits per heavy atom. The molecule has 1 aromatic carbocycles. The summed E-state index contributed by atoms with van der Waals surface area (Å²) in [6, 6.07) is 7.15. The van der Waals surface area contributed by atoms with E-state index in [1.54, 1.807) is 12.1 Å². The first-order valence-corrected chi connectivity index (χ1v) is 3.97. The summed E-state index contributed by atoms with van der Waals surface area (Å²) in [5.74, 6) is 0.422. The van der Waals surface area contributed by atoms with Crippen molar-refractivity contribution in [3.05, 3.63) is 23.3 Å². The summed E-state index contributed by atoms with van der Waals surface area (Å²) >= 11 is 0. The van der Waals surface area contributed by atoms with Gasteiger partial charge in [0.05, 0.1) is 36.9 Å². The quantitative estimate of drug-likeness (QED) is 0.705. The zero-order valence-corrected chi connectivity index (χ0v) is 7.74. The lowest BCUT2D eigenvalue weighted by Crippen LogP contribution is -1.99. The number of ether oxygens (including phenoxy) is 1. The number of anilines is 1. The van der Waals surface area contributed by atoms with Crippen LogP contribution in [0.3, 0.4) is 0 Å². The van der Waals surface area contributed by atoms with Crippen LogP contribution in [0.25, 0.3) is 0 Å². The molecule has 0 aliphatic carbocycles. The second kappa shape index (κ2) is 4.15. The molecule has 0 radical (unpaired) electrons. The molecule has 4 nitrogen and oxygen atoms in total. The third-order valence-corrected chi connectivity index (χ3v) is 1.87. The largest absolute Gasteiger partial charge is 0.494 e. The van der Waals surface area contributed by atoms with E-state index in [1.165, 1.54) is 7.11 Å². The average Bonchev–Trinajstić information content (AvgIpc) is 2.19. The number of nitriles is 2. The number of nitrogen functional groups attached to an aromatic ring is 1. The second-order valence-corrected chi connectivity index (χ2v) is 2.66. The molecule has 0 aliphatic heterocycles. The highest BCUT2D eigenvalue weighted by molar-refractivity contribution is 5.62. The molecule has 1 rings (SSSR count). The van der Waals surface area contributed by atoms with E-state index in [4.69, 9.17) is 21.0 Å². The lowest BCUT2D eigenvalue weighted by atomic mass is 10.0. The van der Waals surface area contributed by atoms with Crippen molar-refractivity contribution in [3.8, 4) is 17.9 Å². The molecule has 0 atom stereocenters. The Bertz CT molecular complexity index is 426. The Labute approximate surface area is 82.1 Å². The smallest absolute Gasteiger partial charge is 0.147 e. The first-order chi connectivity index (χ1) is 6.74. The van der Waals surface area contributed by atoms with Gasteiger partial charge in [-0.15, -0.1) is 0 Å². The predicted molar refractivity (Wildman–Crippen MR) is 51.4 cm³/mol. The van der Waals surface area contributed by atoms with Gasteiger partial charge in [0.2, 0.25) is 0 Å². The third kappa shape index (κ3) is 1.60. The van der Waals surface area contributed by atoms with Gasteiger partial charge >= 0.3 is 0 Å². The summed E-state index contributed by atoms with van der Waals surface area (Å²) in [6.07, 6.45) is 0.122. The Balaban J connectivity index is 3.39.